The molecule has 0 aliphatic carbocycles. The summed E-state index contributed by atoms with van der Waals surface area (Å²) in [5, 5.41) is 0. The number of hydrogen-bond donors (Lipinski definition) is 1. The molecular weight excluding hydrogens is 406 g/mol. The van der Waals surface area contributed by atoms with Gasteiger partial charge in [0.25, 0.3) is 5.91 Å². The molecule has 0 bridgehead atoms. The van der Waals surface area contributed by atoms with Gasteiger partial charge in [0.15, 0.2) is 0 Å². The minimum Gasteiger partial charge on any atom is -0.435 e. The third-order valence-corrected chi connectivity index (χ3v) is 5.40. The molecule has 1 N–H and O–H groups in total. The second-order valence-corrected chi connectivity index (χ2v) is 7.87. The fourth-order valence-electron chi connectivity index (χ4n) is 2.48. The van der Waals surface area contributed by atoms with Gasteiger partial charge in [-0.1, -0.05) is 12.1 Å². The van der Waals surface area contributed by atoms with Gasteiger partial charge >= 0.3 is 6.61 Å². The number of alkyl halides is 2. The Hall–Kier alpha value is -2.56. The van der Waals surface area contributed by atoms with E-state index < -0.39 is 16.6 Å². The maximum atomic E-state index is 12.6. The molecule has 158 valence electrons. The molecule has 0 aliphatic rings. The average molecular weight is 428 g/mol. The molecule has 29 heavy (non-hydrogen) atoms. The Kier molecular flexibility index (Phi) is 8.06. The lowest BCUT2D eigenvalue weighted by molar-refractivity contribution is -0.0498. The van der Waals surface area contributed by atoms with Gasteiger partial charge in [-0.2, -0.15) is 8.78 Å². The molecule has 0 radical (unpaired) electrons. The van der Waals surface area contributed by atoms with E-state index in [1.54, 1.807) is 19.2 Å². The lowest BCUT2D eigenvalue weighted by Gasteiger charge is -2.18. The summed E-state index contributed by atoms with van der Waals surface area (Å²) in [5.41, 5.74) is 1.05. The summed E-state index contributed by atoms with van der Waals surface area (Å²) < 4.78 is 60.1. The molecule has 0 spiro atoms. The number of sulfonamides is 1. The molecule has 10 heteroatoms. The van der Waals surface area contributed by atoms with Gasteiger partial charge in [-0.3, -0.25) is 4.79 Å². The first-order valence-corrected chi connectivity index (χ1v) is 10.1. The van der Waals surface area contributed by atoms with E-state index in [4.69, 9.17) is 4.74 Å². The normalized spacial score (nSPS) is 11.5. The molecule has 0 aliphatic heterocycles. The summed E-state index contributed by atoms with van der Waals surface area (Å²) in [6, 6.07) is 11.5. The summed E-state index contributed by atoms with van der Waals surface area (Å²) in [5.74, 6) is -0.275. The largest absolute Gasteiger partial charge is 0.435 e. The van der Waals surface area contributed by atoms with Crippen LogP contribution in [0.4, 0.5) is 8.78 Å². The van der Waals surface area contributed by atoms with Crippen LogP contribution in [-0.4, -0.2) is 53.1 Å². The maximum Gasteiger partial charge on any atom is 0.387 e. The molecule has 7 nitrogen and oxygen atoms in total. The topological polar surface area (TPSA) is 84.9 Å². The monoisotopic (exact) mass is 428 g/mol. The van der Waals surface area contributed by atoms with E-state index in [1.165, 1.54) is 48.4 Å². The van der Waals surface area contributed by atoms with E-state index in [9.17, 15) is 22.0 Å². The number of carbonyl (C=O) groups is 1. The lowest BCUT2D eigenvalue weighted by Crippen LogP contribution is -2.28. The highest BCUT2D eigenvalue weighted by molar-refractivity contribution is 7.89. The summed E-state index contributed by atoms with van der Waals surface area (Å²) in [6.45, 7) is -2.27. The third kappa shape index (κ3) is 6.77. The van der Waals surface area contributed by atoms with E-state index in [0.29, 0.717) is 5.56 Å². The average Bonchev–Trinajstić information content (AvgIpc) is 2.68. The fraction of sp³-hybridized carbons (Fsp3) is 0.316. The molecule has 0 aromatic heterocycles. The van der Waals surface area contributed by atoms with Gasteiger partial charge in [0, 0.05) is 32.8 Å². The van der Waals surface area contributed by atoms with E-state index >= 15 is 0 Å². The van der Waals surface area contributed by atoms with Crippen LogP contribution in [0.15, 0.2) is 53.4 Å². The lowest BCUT2D eigenvalue weighted by atomic mass is 10.1. The second-order valence-electron chi connectivity index (χ2n) is 6.10. The first-order chi connectivity index (χ1) is 13.7. The second kappa shape index (κ2) is 10.3. The van der Waals surface area contributed by atoms with E-state index in [0.717, 1.165) is 5.56 Å². The van der Waals surface area contributed by atoms with Crippen molar-refractivity contribution in [3.63, 3.8) is 0 Å². The number of halogens is 2. The van der Waals surface area contributed by atoms with Crippen LogP contribution >= 0.6 is 0 Å². The number of nitrogens with zero attached hydrogens (tertiary/aromatic N) is 1. The van der Waals surface area contributed by atoms with Gasteiger partial charge in [0.1, 0.15) is 5.75 Å². The zero-order valence-corrected chi connectivity index (χ0v) is 16.8. The molecule has 0 atom stereocenters. The highest BCUT2D eigenvalue weighted by Crippen LogP contribution is 2.17. The number of benzene rings is 2. The Morgan fingerprint density at radius 1 is 1.10 bits per heavy atom. The van der Waals surface area contributed by atoms with Gasteiger partial charge in [-0.15, -0.1) is 0 Å². The molecule has 0 heterocycles. The van der Waals surface area contributed by atoms with Gasteiger partial charge in [-0.05, 0) is 42.0 Å². The van der Waals surface area contributed by atoms with E-state index in [-0.39, 0.29) is 36.2 Å². The highest BCUT2D eigenvalue weighted by Gasteiger charge is 2.16. The first kappa shape index (κ1) is 22.7. The smallest absolute Gasteiger partial charge is 0.387 e. The van der Waals surface area contributed by atoms with Crippen LogP contribution in [0, 0.1) is 0 Å². The summed E-state index contributed by atoms with van der Waals surface area (Å²) >= 11 is 0. The molecule has 2 aromatic carbocycles. The Balaban J connectivity index is 2.00. The SMILES string of the molecule is COCCNS(=O)(=O)c1ccc(C(=O)N(C)Cc2ccc(OC(F)F)cc2)cc1. The minimum absolute atomic E-state index is 0.0358. The standard InChI is InChI=1S/C19H22F2N2O5S/c1-23(13-14-3-7-16(8-4-14)28-19(20)21)18(24)15-5-9-17(10-6-15)29(25,26)22-11-12-27-2/h3-10,19,22H,11-13H2,1-2H3. The van der Waals surface area contributed by atoms with Crippen LogP contribution in [0.2, 0.25) is 0 Å². The fourth-order valence-corrected chi connectivity index (χ4v) is 3.49. The summed E-state index contributed by atoms with van der Waals surface area (Å²) in [7, 11) is -0.622. The van der Waals surface area contributed by atoms with Gasteiger partial charge in [0.05, 0.1) is 11.5 Å². The van der Waals surface area contributed by atoms with Crippen molar-refractivity contribution in [3.05, 3.63) is 59.7 Å². The van der Waals surface area contributed by atoms with Crippen molar-refractivity contribution in [2.75, 3.05) is 27.3 Å². The molecule has 2 rings (SSSR count). The Morgan fingerprint density at radius 2 is 1.72 bits per heavy atom. The van der Waals surface area contributed by atoms with Crippen LogP contribution in [0.5, 0.6) is 5.75 Å². The quantitative estimate of drug-likeness (QED) is 0.588. The number of nitrogens with one attached hydrogen (secondary N) is 1. The first-order valence-electron chi connectivity index (χ1n) is 8.61. The van der Waals surface area contributed by atoms with Crippen molar-refractivity contribution in [1.82, 2.24) is 9.62 Å². The van der Waals surface area contributed by atoms with Gasteiger partial charge in [0.2, 0.25) is 10.0 Å². The molecule has 0 fully saturated rings. The van der Waals surface area contributed by atoms with Crippen LogP contribution in [-0.2, 0) is 21.3 Å². The molecule has 0 saturated carbocycles. The molecule has 0 unspecified atom stereocenters. The number of rotatable bonds is 10. The zero-order chi connectivity index (χ0) is 21.4. The maximum absolute atomic E-state index is 12.6. The molecule has 1 amide bonds. The number of hydrogen-bond acceptors (Lipinski definition) is 5. The van der Waals surface area contributed by atoms with E-state index in [1.807, 2.05) is 0 Å². The van der Waals surface area contributed by atoms with Crippen molar-refractivity contribution in [2.45, 2.75) is 18.1 Å². The summed E-state index contributed by atoms with van der Waals surface area (Å²) in [6.07, 6.45) is 0. The van der Waals surface area contributed by atoms with Crippen molar-refractivity contribution < 1.29 is 31.5 Å². The zero-order valence-electron chi connectivity index (χ0n) is 16.0. The van der Waals surface area contributed by atoms with E-state index in [2.05, 4.69) is 9.46 Å². The molecule has 0 saturated heterocycles. The predicted octanol–water partition coefficient (Wildman–Crippen LogP) is 2.48. The van der Waals surface area contributed by atoms with Crippen molar-refractivity contribution >= 4 is 15.9 Å². The van der Waals surface area contributed by atoms with Crippen molar-refractivity contribution in [1.29, 1.82) is 0 Å². The highest BCUT2D eigenvalue weighted by atomic mass is 32.2. The number of methoxy groups -OCH3 is 1. The Morgan fingerprint density at radius 3 is 2.28 bits per heavy atom. The Labute approximate surface area is 168 Å². The summed E-state index contributed by atoms with van der Waals surface area (Å²) in [4.78, 5) is 14.0. The molecule has 2 aromatic rings. The van der Waals surface area contributed by atoms with Crippen molar-refractivity contribution in [2.24, 2.45) is 0 Å². The third-order valence-electron chi connectivity index (χ3n) is 3.92. The number of amides is 1. The van der Waals surface area contributed by atoms with Crippen molar-refractivity contribution in [3.8, 4) is 5.75 Å². The minimum atomic E-state index is -3.68. The van der Waals surface area contributed by atoms with Crippen LogP contribution in [0.25, 0.3) is 0 Å². The van der Waals surface area contributed by atoms with Crippen LogP contribution in [0.1, 0.15) is 15.9 Å². The predicted molar refractivity (Wildman–Crippen MR) is 102 cm³/mol. The Bertz CT molecular complexity index is 903. The number of ether oxygens (including phenoxy) is 2. The molecular formula is C19H22F2N2O5S. The van der Waals surface area contributed by atoms with Gasteiger partial charge in [-0.25, -0.2) is 13.1 Å². The van der Waals surface area contributed by atoms with Crippen LogP contribution in [0.3, 0.4) is 0 Å². The van der Waals surface area contributed by atoms with Crippen LogP contribution < -0.4 is 9.46 Å². The number of carbonyl (C=O) groups excluding carboxylic acids is 1. The van der Waals surface area contributed by atoms with Gasteiger partial charge < -0.3 is 14.4 Å².